The number of aromatic nitrogens is 1. The maximum Gasteiger partial charge on any atom is 0.181 e. The monoisotopic (exact) mass is 205 g/mol. The molecule has 1 aromatic heterocycles. The van der Waals surface area contributed by atoms with Crippen LogP contribution in [-0.2, 0) is 0 Å². The molecule has 0 N–H and O–H groups in total. The zero-order valence-electron chi connectivity index (χ0n) is 8.70. The lowest BCUT2D eigenvalue weighted by Crippen LogP contribution is -1.90. The summed E-state index contributed by atoms with van der Waals surface area (Å²) in [4.78, 5) is 3.76. The summed E-state index contributed by atoms with van der Waals surface area (Å²) in [6, 6.07) is 5.18. The molecule has 1 heterocycles. The molecular formula is C12H12FNO. The Bertz CT molecular complexity index is 449. The highest BCUT2D eigenvalue weighted by atomic mass is 19.1. The summed E-state index contributed by atoms with van der Waals surface area (Å²) >= 11 is 0. The van der Waals surface area contributed by atoms with Gasteiger partial charge in [-0.3, -0.25) is 0 Å². The van der Waals surface area contributed by atoms with Gasteiger partial charge in [-0.25, -0.2) is 9.37 Å². The molecule has 1 aromatic carbocycles. The lowest BCUT2D eigenvalue weighted by Gasteiger charge is -2.06. The third-order valence-electron chi connectivity index (χ3n) is 2.36. The van der Waals surface area contributed by atoms with Crippen molar-refractivity contribution in [3.63, 3.8) is 0 Å². The first kappa shape index (κ1) is 9.90. The van der Waals surface area contributed by atoms with Gasteiger partial charge in [-0.05, 0) is 23.6 Å². The van der Waals surface area contributed by atoms with E-state index in [1.54, 1.807) is 12.1 Å². The number of hydrogen-bond donors (Lipinski definition) is 0. The Kier molecular flexibility index (Phi) is 2.54. The Hall–Kier alpha value is -1.64. The number of nitrogens with zero attached hydrogens (tertiary/aromatic N) is 1. The zero-order chi connectivity index (χ0) is 10.8. The molecule has 78 valence electrons. The molecule has 0 unspecified atom stereocenters. The maximum atomic E-state index is 13.7. The first-order chi connectivity index (χ1) is 7.18. The van der Waals surface area contributed by atoms with Crippen molar-refractivity contribution in [2.75, 3.05) is 0 Å². The molecule has 0 saturated heterocycles. The summed E-state index contributed by atoms with van der Waals surface area (Å²) in [6.07, 6.45) is 2.80. The molecule has 2 rings (SSSR count). The van der Waals surface area contributed by atoms with E-state index in [0.717, 1.165) is 5.56 Å². The maximum absolute atomic E-state index is 13.7. The van der Waals surface area contributed by atoms with Gasteiger partial charge in [0.2, 0.25) is 0 Å². The van der Waals surface area contributed by atoms with E-state index in [4.69, 9.17) is 4.42 Å². The van der Waals surface area contributed by atoms with E-state index in [0.29, 0.717) is 17.2 Å². The van der Waals surface area contributed by atoms with Crippen LogP contribution in [0.3, 0.4) is 0 Å². The second-order valence-corrected chi connectivity index (χ2v) is 3.76. The average molecular weight is 205 g/mol. The molecule has 2 aromatic rings. The minimum Gasteiger partial charge on any atom is -0.443 e. The second kappa shape index (κ2) is 3.85. The van der Waals surface area contributed by atoms with E-state index >= 15 is 0 Å². The predicted molar refractivity (Wildman–Crippen MR) is 56.0 cm³/mol. The van der Waals surface area contributed by atoms with Crippen molar-refractivity contribution in [3.05, 3.63) is 42.2 Å². The highest BCUT2D eigenvalue weighted by Crippen LogP contribution is 2.25. The largest absolute Gasteiger partial charge is 0.443 e. The number of halogens is 1. The molecule has 0 atom stereocenters. The quantitative estimate of drug-likeness (QED) is 0.748. The van der Waals surface area contributed by atoms with Gasteiger partial charge >= 0.3 is 0 Å². The number of rotatable bonds is 2. The first-order valence-electron chi connectivity index (χ1n) is 4.87. The Morgan fingerprint density at radius 1 is 1.33 bits per heavy atom. The Labute approximate surface area is 87.8 Å². The minimum atomic E-state index is -0.266. The fourth-order valence-electron chi connectivity index (χ4n) is 1.44. The molecule has 0 saturated carbocycles. The third kappa shape index (κ3) is 1.91. The van der Waals surface area contributed by atoms with E-state index in [9.17, 15) is 4.39 Å². The van der Waals surface area contributed by atoms with Crippen molar-refractivity contribution >= 4 is 0 Å². The van der Waals surface area contributed by atoms with Gasteiger partial charge in [0.1, 0.15) is 5.82 Å². The summed E-state index contributed by atoms with van der Waals surface area (Å²) in [5.41, 5.74) is 1.44. The molecule has 0 fully saturated rings. The standard InChI is InChI=1S/C12H12FNO/c1-8(2)9-3-4-10(11(13)5-9)12-6-14-7-15-12/h3-8H,1-2H3. The molecule has 0 spiro atoms. The lowest BCUT2D eigenvalue weighted by molar-refractivity contribution is 0.561. The average Bonchev–Trinajstić information content (AvgIpc) is 2.70. The number of oxazole rings is 1. The zero-order valence-corrected chi connectivity index (χ0v) is 8.70. The summed E-state index contributed by atoms with van der Waals surface area (Å²) in [7, 11) is 0. The van der Waals surface area contributed by atoms with E-state index in [2.05, 4.69) is 4.98 Å². The Morgan fingerprint density at radius 3 is 2.67 bits per heavy atom. The van der Waals surface area contributed by atoms with Crippen LogP contribution in [-0.4, -0.2) is 4.98 Å². The lowest BCUT2D eigenvalue weighted by atomic mass is 10.0. The van der Waals surface area contributed by atoms with Gasteiger partial charge < -0.3 is 4.42 Å². The summed E-state index contributed by atoms with van der Waals surface area (Å²) in [5.74, 6) is 0.518. The summed E-state index contributed by atoms with van der Waals surface area (Å²) in [5, 5.41) is 0. The van der Waals surface area contributed by atoms with Crippen LogP contribution in [0.15, 0.2) is 35.2 Å². The van der Waals surface area contributed by atoms with Crippen molar-refractivity contribution in [1.82, 2.24) is 4.98 Å². The van der Waals surface area contributed by atoms with E-state index in [-0.39, 0.29) is 5.82 Å². The molecule has 0 amide bonds. The van der Waals surface area contributed by atoms with Crippen LogP contribution in [0.5, 0.6) is 0 Å². The smallest absolute Gasteiger partial charge is 0.181 e. The van der Waals surface area contributed by atoms with Gasteiger partial charge in [-0.15, -0.1) is 0 Å². The van der Waals surface area contributed by atoms with Gasteiger partial charge in [0, 0.05) is 0 Å². The summed E-state index contributed by atoms with van der Waals surface area (Å²) in [6.45, 7) is 4.06. The topological polar surface area (TPSA) is 26.0 Å². The highest BCUT2D eigenvalue weighted by molar-refractivity contribution is 5.57. The fourth-order valence-corrected chi connectivity index (χ4v) is 1.44. The molecule has 3 heteroatoms. The normalized spacial score (nSPS) is 10.9. The number of benzene rings is 1. The van der Waals surface area contributed by atoms with Crippen LogP contribution in [0.1, 0.15) is 25.3 Å². The van der Waals surface area contributed by atoms with Gasteiger partial charge in [-0.2, -0.15) is 0 Å². The van der Waals surface area contributed by atoms with E-state index < -0.39 is 0 Å². The molecule has 0 aliphatic carbocycles. The molecule has 0 aliphatic rings. The highest BCUT2D eigenvalue weighted by Gasteiger charge is 2.10. The van der Waals surface area contributed by atoms with Crippen LogP contribution in [0.2, 0.25) is 0 Å². The Morgan fingerprint density at radius 2 is 2.13 bits per heavy atom. The Balaban J connectivity index is 2.44. The van der Waals surface area contributed by atoms with Crippen LogP contribution in [0, 0.1) is 5.82 Å². The predicted octanol–water partition coefficient (Wildman–Crippen LogP) is 3.60. The fraction of sp³-hybridized carbons (Fsp3) is 0.250. The van der Waals surface area contributed by atoms with Crippen molar-refractivity contribution in [3.8, 4) is 11.3 Å². The summed E-state index contributed by atoms with van der Waals surface area (Å²) < 4.78 is 18.7. The van der Waals surface area contributed by atoms with E-state index in [1.165, 1.54) is 12.6 Å². The minimum absolute atomic E-state index is 0.266. The van der Waals surface area contributed by atoms with Gasteiger partial charge in [0.05, 0.1) is 11.8 Å². The van der Waals surface area contributed by atoms with Gasteiger partial charge in [0.15, 0.2) is 12.2 Å². The van der Waals surface area contributed by atoms with Gasteiger partial charge in [0.25, 0.3) is 0 Å². The van der Waals surface area contributed by atoms with E-state index in [1.807, 2.05) is 19.9 Å². The van der Waals surface area contributed by atoms with Crippen molar-refractivity contribution in [2.45, 2.75) is 19.8 Å². The molecule has 0 aliphatic heterocycles. The molecule has 0 radical (unpaired) electrons. The SMILES string of the molecule is CC(C)c1ccc(-c2cnco2)c(F)c1. The van der Waals surface area contributed by atoms with Gasteiger partial charge in [-0.1, -0.05) is 19.9 Å². The van der Waals surface area contributed by atoms with Crippen LogP contribution >= 0.6 is 0 Å². The van der Waals surface area contributed by atoms with Crippen LogP contribution < -0.4 is 0 Å². The molecule has 0 bridgehead atoms. The van der Waals surface area contributed by atoms with Crippen molar-refractivity contribution < 1.29 is 8.81 Å². The van der Waals surface area contributed by atoms with Crippen LogP contribution in [0.4, 0.5) is 4.39 Å². The molecule has 2 nitrogen and oxygen atoms in total. The van der Waals surface area contributed by atoms with Crippen molar-refractivity contribution in [2.24, 2.45) is 0 Å². The van der Waals surface area contributed by atoms with Crippen LogP contribution in [0.25, 0.3) is 11.3 Å². The molecular weight excluding hydrogens is 193 g/mol. The second-order valence-electron chi connectivity index (χ2n) is 3.76. The molecule has 15 heavy (non-hydrogen) atoms. The first-order valence-corrected chi connectivity index (χ1v) is 4.87. The number of hydrogen-bond acceptors (Lipinski definition) is 2. The van der Waals surface area contributed by atoms with Crippen molar-refractivity contribution in [1.29, 1.82) is 0 Å². The third-order valence-corrected chi connectivity index (χ3v) is 2.36.